The van der Waals surface area contributed by atoms with Gasteiger partial charge in [0.05, 0.1) is 6.10 Å². The monoisotopic (exact) mass is 188 g/mol. The van der Waals surface area contributed by atoms with Gasteiger partial charge in [0.1, 0.15) is 0 Å². The molecule has 0 spiro atoms. The van der Waals surface area contributed by atoms with Gasteiger partial charge in [0.2, 0.25) is 5.91 Å². The Bertz CT molecular complexity index is 138. The Labute approximate surface area is 79.7 Å². The average molecular weight is 188 g/mol. The highest BCUT2D eigenvalue weighted by molar-refractivity contribution is 5.75. The second-order valence-corrected chi connectivity index (χ2v) is 3.15. The summed E-state index contributed by atoms with van der Waals surface area (Å²) in [5, 5.41) is 14.7. The Morgan fingerprint density at radius 1 is 1.46 bits per heavy atom. The lowest BCUT2D eigenvalue weighted by molar-refractivity contribution is -0.121. The molecule has 0 fully saturated rings. The van der Waals surface area contributed by atoms with Crippen LogP contribution in [0.5, 0.6) is 0 Å². The maximum Gasteiger partial charge on any atom is 0.221 e. The third kappa shape index (κ3) is 9.30. The summed E-state index contributed by atoms with van der Waals surface area (Å²) in [4.78, 5) is 11.0. The van der Waals surface area contributed by atoms with Crippen LogP contribution >= 0.6 is 0 Å². The molecule has 0 heterocycles. The molecule has 4 heteroatoms. The highest BCUT2D eigenvalue weighted by Crippen LogP contribution is 1.80. The predicted octanol–water partition coefficient (Wildman–Crippen LogP) is -0.127. The molecule has 0 aromatic rings. The Hall–Kier alpha value is -0.610. The van der Waals surface area contributed by atoms with Crippen LogP contribution in [0.3, 0.4) is 0 Å². The van der Waals surface area contributed by atoms with Crippen molar-refractivity contribution in [1.82, 2.24) is 10.6 Å². The zero-order valence-corrected chi connectivity index (χ0v) is 8.47. The van der Waals surface area contributed by atoms with E-state index in [0.29, 0.717) is 19.5 Å². The molecule has 4 nitrogen and oxygen atoms in total. The minimum atomic E-state index is -0.348. The first-order valence-electron chi connectivity index (χ1n) is 4.82. The summed E-state index contributed by atoms with van der Waals surface area (Å²) in [7, 11) is 0. The number of aliphatic hydroxyl groups excluding tert-OH is 1. The molecule has 1 atom stereocenters. The van der Waals surface area contributed by atoms with Gasteiger partial charge < -0.3 is 15.7 Å². The standard InChI is InChI=1S/C9H20N2O2/c1-3-5-11-9(13)4-6-10-7-8(2)12/h8,10,12H,3-7H2,1-2H3,(H,11,13)/t8-/m0/s1. The van der Waals surface area contributed by atoms with Crippen molar-refractivity contribution in [2.45, 2.75) is 32.8 Å². The normalized spacial score (nSPS) is 12.5. The number of amides is 1. The van der Waals surface area contributed by atoms with E-state index >= 15 is 0 Å². The highest BCUT2D eigenvalue weighted by Gasteiger charge is 1.99. The van der Waals surface area contributed by atoms with E-state index in [1.807, 2.05) is 6.92 Å². The van der Waals surface area contributed by atoms with E-state index in [1.54, 1.807) is 6.92 Å². The molecule has 0 aromatic carbocycles. The summed E-state index contributed by atoms with van der Waals surface area (Å²) in [6.45, 7) is 5.65. The van der Waals surface area contributed by atoms with Gasteiger partial charge in [-0.15, -0.1) is 0 Å². The van der Waals surface area contributed by atoms with Crippen LogP contribution in [0.1, 0.15) is 26.7 Å². The number of hydrogen-bond donors (Lipinski definition) is 3. The predicted molar refractivity (Wildman–Crippen MR) is 52.5 cm³/mol. The molecular weight excluding hydrogens is 168 g/mol. The SMILES string of the molecule is CCCNC(=O)CCNC[C@H](C)O. The summed E-state index contributed by atoms with van der Waals surface area (Å²) < 4.78 is 0. The first kappa shape index (κ1) is 12.4. The van der Waals surface area contributed by atoms with E-state index < -0.39 is 0 Å². The molecule has 78 valence electrons. The van der Waals surface area contributed by atoms with Gasteiger partial charge in [-0.3, -0.25) is 4.79 Å². The summed E-state index contributed by atoms with van der Waals surface area (Å²) in [5.41, 5.74) is 0. The Balaban J connectivity index is 3.17. The van der Waals surface area contributed by atoms with E-state index in [4.69, 9.17) is 5.11 Å². The molecule has 0 saturated heterocycles. The van der Waals surface area contributed by atoms with Gasteiger partial charge in [-0.05, 0) is 13.3 Å². The van der Waals surface area contributed by atoms with Gasteiger partial charge in [0.15, 0.2) is 0 Å². The Morgan fingerprint density at radius 3 is 2.69 bits per heavy atom. The van der Waals surface area contributed by atoms with Crippen LogP contribution in [0.25, 0.3) is 0 Å². The van der Waals surface area contributed by atoms with Gasteiger partial charge in [0, 0.05) is 26.1 Å². The lowest BCUT2D eigenvalue weighted by Crippen LogP contribution is -2.31. The van der Waals surface area contributed by atoms with E-state index in [0.717, 1.165) is 13.0 Å². The third-order valence-electron chi connectivity index (χ3n) is 1.54. The van der Waals surface area contributed by atoms with E-state index in [-0.39, 0.29) is 12.0 Å². The number of rotatable bonds is 7. The van der Waals surface area contributed by atoms with Gasteiger partial charge in [-0.2, -0.15) is 0 Å². The Kier molecular flexibility index (Phi) is 7.63. The second kappa shape index (κ2) is 8.01. The summed E-state index contributed by atoms with van der Waals surface area (Å²) in [6.07, 6.45) is 1.10. The van der Waals surface area contributed by atoms with Crippen LogP contribution in [0, 0.1) is 0 Å². The van der Waals surface area contributed by atoms with Gasteiger partial charge in [-0.1, -0.05) is 6.92 Å². The molecule has 0 aliphatic rings. The highest BCUT2D eigenvalue weighted by atomic mass is 16.3. The van der Waals surface area contributed by atoms with Crippen molar-refractivity contribution in [3.05, 3.63) is 0 Å². The molecule has 0 aliphatic carbocycles. The fourth-order valence-electron chi connectivity index (χ4n) is 0.866. The summed E-state index contributed by atoms with van der Waals surface area (Å²) in [6, 6.07) is 0. The summed E-state index contributed by atoms with van der Waals surface area (Å²) in [5.74, 6) is 0.0694. The quantitative estimate of drug-likeness (QED) is 0.488. The van der Waals surface area contributed by atoms with Gasteiger partial charge >= 0.3 is 0 Å². The van der Waals surface area contributed by atoms with Crippen molar-refractivity contribution in [2.24, 2.45) is 0 Å². The van der Waals surface area contributed by atoms with E-state index in [2.05, 4.69) is 10.6 Å². The maximum atomic E-state index is 11.0. The molecular formula is C9H20N2O2. The van der Waals surface area contributed by atoms with Crippen molar-refractivity contribution in [3.8, 4) is 0 Å². The molecule has 0 bridgehead atoms. The lowest BCUT2D eigenvalue weighted by atomic mass is 10.3. The number of carbonyl (C=O) groups excluding carboxylic acids is 1. The van der Waals surface area contributed by atoms with Crippen LogP contribution < -0.4 is 10.6 Å². The molecule has 0 aromatic heterocycles. The fraction of sp³-hybridized carbons (Fsp3) is 0.889. The van der Waals surface area contributed by atoms with Crippen LogP contribution in [-0.2, 0) is 4.79 Å². The molecule has 1 amide bonds. The molecule has 0 saturated carbocycles. The summed E-state index contributed by atoms with van der Waals surface area (Å²) >= 11 is 0. The van der Waals surface area contributed by atoms with Crippen LogP contribution in [0.15, 0.2) is 0 Å². The third-order valence-corrected chi connectivity index (χ3v) is 1.54. The fourth-order valence-corrected chi connectivity index (χ4v) is 0.866. The number of nitrogens with one attached hydrogen (secondary N) is 2. The van der Waals surface area contributed by atoms with E-state index in [1.165, 1.54) is 0 Å². The van der Waals surface area contributed by atoms with Crippen molar-refractivity contribution < 1.29 is 9.90 Å². The molecule has 13 heavy (non-hydrogen) atoms. The molecule has 3 N–H and O–H groups in total. The first-order chi connectivity index (χ1) is 6.16. The first-order valence-corrected chi connectivity index (χ1v) is 4.82. The molecule has 0 unspecified atom stereocenters. The Morgan fingerprint density at radius 2 is 2.15 bits per heavy atom. The smallest absolute Gasteiger partial charge is 0.221 e. The van der Waals surface area contributed by atoms with Crippen molar-refractivity contribution in [2.75, 3.05) is 19.6 Å². The van der Waals surface area contributed by atoms with Crippen molar-refractivity contribution >= 4 is 5.91 Å². The van der Waals surface area contributed by atoms with Crippen molar-refractivity contribution in [3.63, 3.8) is 0 Å². The number of carbonyl (C=O) groups is 1. The van der Waals surface area contributed by atoms with Gasteiger partial charge in [0.25, 0.3) is 0 Å². The van der Waals surface area contributed by atoms with Gasteiger partial charge in [-0.25, -0.2) is 0 Å². The maximum absolute atomic E-state index is 11.0. The number of aliphatic hydroxyl groups is 1. The number of hydrogen-bond acceptors (Lipinski definition) is 3. The van der Waals surface area contributed by atoms with Crippen molar-refractivity contribution in [1.29, 1.82) is 0 Å². The van der Waals surface area contributed by atoms with Crippen LogP contribution in [0.4, 0.5) is 0 Å². The topological polar surface area (TPSA) is 61.4 Å². The minimum Gasteiger partial charge on any atom is -0.392 e. The van der Waals surface area contributed by atoms with Crippen LogP contribution in [0.2, 0.25) is 0 Å². The largest absolute Gasteiger partial charge is 0.392 e. The average Bonchev–Trinajstić information content (AvgIpc) is 2.08. The molecule has 0 rings (SSSR count). The van der Waals surface area contributed by atoms with E-state index in [9.17, 15) is 4.79 Å². The second-order valence-electron chi connectivity index (χ2n) is 3.15. The minimum absolute atomic E-state index is 0.0694. The van der Waals surface area contributed by atoms with Crippen LogP contribution in [-0.4, -0.2) is 36.8 Å². The zero-order valence-electron chi connectivity index (χ0n) is 8.47. The molecule has 0 radical (unpaired) electrons. The molecule has 0 aliphatic heterocycles. The zero-order chi connectivity index (χ0) is 10.1. The lowest BCUT2D eigenvalue weighted by Gasteiger charge is -2.06.